The number of benzene rings is 2. The number of amides is 1. The second-order valence-electron chi connectivity index (χ2n) is 8.61. The van der Waals surface area contributed by atoms with Gasteiger partial charge >= 0.3 is 0 Å². The Morgan fingerprint density at radius 2 is 1.72 bits per heavy atom. The Hall–Kier alpha value is -2.82. The van der Waals surface area contributed by atoms with Gasteiger partial charge in [-0.25, -0.2) is 8.42 Å². The first-order valence-electron chi connectivity index (χ1n) is 10.2. The van der Waals surface area contributed by atoms with Crippen LogP contribution in [0.1, 0.15) is 26.3 Å². The molecule has 0 bridgehead atoms. The van der Waals surface area contributed by atoms with Crippen molar-refractivity contribution in [2.24, 2.45) is 0 Å². The zero-order valence-electron chi connectivity index (χ0n) is 18.3. The van der Waals surface area contributed by atoms with Gasteiger partial charge in [0.25, 0.3) is 5.69 Å². The molecule has 172 valence electrons. The van der Waals surface area contributed by atoms with Crippen molar-refractivity contribution < 1.29 is 22.9 Å². The van der Waals surface area contributed by atoms with Crippen molar-refractivity contribution >= 4 is 21.6 Å². The first-order valence-corrected chi connectivity index (χ1v) is 11.6. The molecule has 0 aliphatic carbocycles. The molecule has 0 N–H and O–H groups in total. The minimum atomic E-state index is -4.26. The molecular formula is C22H27N3O6S. The fourth-order valence-corrected chi connectivity index (χ4v) is 5.06. The molecule has 1 aliphatic rings. The average Bonchev–Trinajstić information content (AvgIpc) is 2.74. The molecule has 0 saturated carbocycles. The number of piperazine rings is 1. The Kier molecular flexibility index (Phi) is 6.97. The van der Waals surface area contributed by atoms with Crippen molar-refractivity contribution in [1.29, 1.82) is 0 Å². The normalized spacial score (nSPS) is 18.0. The lowest BCUT2D eigenvalue weighted by Gasteiger charge is -2.41. The number of hydrogen-bond donors (Lipinski definition) is 0. The summed E-state index contributed by atoms with van der Waals surface area (Å²) in [5.41, 5.74) is -0.0911. The third-order valence-electron chi connectivity index (χ3n) is 5.07. The molecule has 1 aliphatic heterocycles. The molecule has 1 saturated heterocycles. The predicted octanol–water partition coefficient (Wildman–Crippen LogP) is 2.81. The van der Waals surface area contributed by atoms with Crippen LogP contribution >= 0.6 is 0 Å². The van der Waals surface area contributed by atoms with E-state index in [2.05, 4.69) is 0 Å². The van der Waals surface area contributed by atoms with Crippen LogP contribution in [0.5, 0.6) is 0 Å². The van der Waals surface area contributed by atoms with Crippen molar-refractivity contribution in [3.05, 3.63) is 70.3 Å². The zero-order valence-corrected chi connectivity index (χ0v) is 19.1. The standard InChI is InChI=1S/C22H27N3O6S/c1-22(2,3)31-16-18-14-23(15-21(26)24(18)13-17-9-5-4-6-10-17)32(29,30)20-12-8-7-11-19(20)25(27)28/h4-12,18H,13-16H2,1-3H3. The Labute approximate surface area is 187 Å². The summed E-state index contributed by atoms with van der Waals surface area (Å²) in [6.07, 6.45) is 0. The molecule has 32 heavy (non-hydrogen) atoms. The van der Waals surface area contributed by atoms with Gasteiger partial charge in [0.2, 0.25) is 15.9 Å². The summed E-state index contributed by atoms with van der Waals surface area (Å²) in [5, 5.41) is 11.4. The van der Waals surface area contributed by atoms with Gasteiger partial charge in [0.05, 0.1) is 29.7 Å². The van der Waals surface area contributed by atoms with Gasteiger partial charge < -0.3 is 9.64 Å². The van der Waals surface area contributed by atoms with E-state index in [-0.39, 0.29) is 19.1 Å². The van der Waals surface area contributed by atoms with E-state index in [9.17, 15) is 23.3 Å². The fraction of sp³-hybridized carbons (Fsp3) is 0.409. The number of nitrogens with zero attached hydrogens (tertiary/aromatic N) is 3. The van der Waals surface area contributed by atoms with Gasteiger partial charge in [-0.05, 0) is 32.4 Å². The Morgan fingerprint density at radius 3 is 2.34 bits per heavy atom. The highest BCUT2D eigenvalue weighted by atomic mass is 32.2. The Balaban J connectivity index is 1.92. The summed E-state index contributed by atoms with van der Waals surface area (Å²) in [4.78, 5) is 24.9. The predicted molar refractivity (Wildman–Crippen MR) is 118 cm³/mol. The molecule has 2 aromatic rings. The molecule has 1 fully saturated rings. The molecule has 0 radical (unpaired) electrons. The number of carbonyl (C=O) groups excluding carboxylic acids is 1. The molecule has 0 spiro atoms. The van der Waals surface area contributed by atoms with Crippen molar-refractivity contribution in [3.63, 3.8) is 0 Å². The van der Waals surface area contributed by atoms with Gasteiger partial charge in [0.15, 0.2) is 4.90 Å². The van der Waals surface area contributed by atoms with Gasteiger partial charge in [-0.2, -0.15) is 4.31 Å². The zero-order chi connectivity index (χ0) is 23.5. The number of carbonyl (C=O) groups is 1. The number of sulfonamides is 1. The number of rotatable bonds is 7. The summed E-state index contributed by atoms with van der Waals surface area (Å²) in [6.45, 7) is 5.65. The molecule has 0 aromatic heterocycles. The van der Waals surface area contributed by atoms with E-state index in [4.69, 9.17) is 4.74 Å². The average molecular weight is 462 g/mol. The maximum atomic E-state index is 13.3. The Bertz CT molecular complexity index is 1080. The van der Waals surface area contributed by atoms with Crippen molar-refractivity contribution in [2.45, 2.75) is 43.9 Å². The van der Waals surface area contributed by atoms with E-state index in [1.807, 2.05) is 51.1 Å². The number of ether oxygens (including phenoxy) is 1. The van der Waals surface area contributed by atoms with E-state index in [1.54, 1.807) is 4.90 Å². The maximum absolute atomic E-state index is 13.3. The van der Waals surface area contributed by atoms with Crippen LogP contribution in [0.3, 0.4) is 0 Å². The van der Waals surface area contributed by atoms with E-state index >= 15 is 0 Å². The van der Waals surface area contributed by atoms with E-state index in [0.29, 0.717) is 6.54 Å². The van der Waals surface area contributed by atoms with Crippen LogP contribution < -0.4 is 0 Å². The molecule has 2 aromatic carbocycles. The van der Waals surface area contributed by atoms with Gasteiger partial charge in [-0.15, -0.1) is 0 Å². The van der Waals surface area contributed by atoms with Gasteiger partial charge in [-0.3, -0.25) is 14.9 Å². The third kappa shape index (κ3) is 5.50. The number of hydrogen-bond acceptors (Lipinski definition) is 6. The molecule has 1 heterocycles. The molecule has 1 atom stereocenters. The quantitative estimate of drug-likeness (QED) is 0.463. The van der Waals surface area contributed by atoms with Crippen molar-refractivity contribution in [1.82, 2.24) is 9.21 Å². The van der Waals surface area contributed by atoms with E-state index in [0.717, 1.165) is 15.9 Å². The van der Waals surface area contributed by atoms with Gasteiger partial charge in [-0.1, -0.05) is 42.5 Å². The lowest BCUT2D eigenvalue weighted by Crippen LogP contribution is -2.59. The van der Waals surface area contributed by atoms with Crippen molar-refractivity contribution in [3.8, 4) is 0 Å². The third-order valence-corrected chi connectivity index (χ3v) is 6.93. The van der Waals surface area contributed by atoms with Crippen molar-refractivity contribution in [2.75, 3.05) is 19.7 Å². The summed E-state index contributed by atoms with van der Waals surface area (Å²) in [7, 11) is -4.26. The highest BCUT2D eigenvalue weighted by molar-refractivity contribution is 7.89. The second-order valence-corrected chi connectivity index (χ2v) is 10.5. The van der Waals surface area contributed by atoms with E-state index in [1.165, 1.54) is 18.2 Å². The minimum Gasteiger partial charge on any atom is -0.374 e. The largest absolute Gasteiger partial charge is 0.374 e. The molecular weight excluding hydrogens is 434 g/mol. The first-order chi connectivity index (χ1) is 15.0. The number of para-hydroxylation sites is 1. The SMILES string of the molecule is CC(C)(C)OCC1CN(S(=O)(=O)c2ccccc2[N+](=O)[O-])CC(=O)N1Cc1ccccc1. The lowest BCUT2D eigenvalue weighted by molar-refractivity contribution is -0.387. The van der Waals surface area contributed by atoms with Gasteiger partial charge in [0.1, 0.15) is 0 Å². The molecule has 1 unspecified atom stereocenters. The van der Waals surface area contributed by atoms with Crippen LogP contribution in [0, 0.1) is 10.1 Å². The molecule has 10 heteroatoms. The fourth-order valence-electron chi connectivity index (χ4n) is 3.48. The topological polar surface area (TPSA) is 110 Å². The molecule has 1 amide bonds. The molecule has 3 rings (SSSR count). The van der Waals surface area contributed by atoms with Crippen LogP contribution in [-0.2, 0) is 26.1 Å². The lowest BCUT2D eigenvalue weighted by atomic mass is 10.1. The first kappa shape index (κ1) is 23.8. The summed E-state index contributed by atoms with van der Waals surface area (Å²) in [6, 6.07) is 14.0. The van der Waals surface area contributed by atoms with Crippen LogP contribution in [0.4, 0.5) is 5.69 Å². The summed E-state index contributed by atoms with van der Waals surface area (Å²) >= 11 is 0. The number of nitro groups is 1. The smallest absolute Gasteiger partial charge is 0.289 e. The van der Waals surface area contributed by atoms with Crippen LogP contribution in [-0.4, -0.2) is 59.8 Å². The maximum Gasteiger partial charge on any atom is 0.289 e. The van der Waals surface area contributed by atoms with E-state index < -0.39 is 43.7 Å². The highest BCUT2D eigenvalue weighted by Gasteiger charge is 2.41. The minimum absolute atomic E-state index is 0.0248. The van der Waals surface area contributed by atoms with Crippen LogP contribution in [0.15, 0.2) is 59.5 Å². The summed E-state index contributed by atoms with van der Waals surface area (Å²) < 4.78 is 33.5. The van der Waals surface area contributed by atoms with Crippen LogP contribution in [0.25, 0.3) is 0 Å². The van der Waals surface area contributed by atoms with Crippen LogP contribution in [0.2, 0.25) is 0 Å². The highest BCUT2D eigenvalue weighted by Crippen LogP contribution is 2.29. The second kappa shape index (κ2) is 9.35. The Morgan fingerprint density at radius 1 is 1.09 bits per heavy atom. The number of nitro benzene ring substituents is 1. The molecule has 9 nitrogen and oxygen atoms in total. The summed E-state index contributed by atoms with van der Waals surface area (Å²) in [5.74, 6) is -0.384. The van der Waals surface area contributed by atoms with Gasteiger partial charge in [0, 0.05) is 19.2 Å². The monoisotopic (exact) mass is 461 g/mol.